The van der Waals surface area contributed by atoms with Crippen LogP contribution < -0.4 is 14.9 Å². The van der Waals surface area contributed by atoms with E-state index in [1.165, 1.54) is 11.8 Å². The quantitative estimate of drug-likeness (QED) is 0.561. The van der Waals surface area contributed by atoms with Gasteiger partial charge in [-0.3, -0.25) is 4.79 Å². The second-order valence-electron chi connectivity index (χ2n) is 5.93. The number of phenolic OH excluding ortho intramolecular Hbond substituents is 1. The lowest BCUT2D eigenvalue weighted by Crippen LogP contribution is -2.24. The van der Waals surface area contributed by atoms with Crippen molar-refractivity contribution in [3.8, 4) is 17.2 Å². The van der Waals surface area contributed by atoms with Gasteiger partial charge < -0.3 is 14.6 Å². The average molecular weight is 356 g/mol. The van der Waals surface area contributed by atoms with E-state index in [9.17, 15) is 9.90 Å². The van der Waals surface area contributed by atoms with Gasteiger partial charge in [-0.05, 0) is 42.7 Å². The normalized spacial score (nSPS) is 10.9. The fourth-order valence-corrected chi connectivity index (χ4v) is 2.22. The molecule has 0 atom stereocenters. The molecule has 0 heterocycles. The Morgan fingerprint density at radius 1 is 1.19 bits per heavy atom. The Bertz CT molecular complexity index is 755. The van der Waals surface area contributed by atoms with Gasteiger partial charge in [-0.2, -0.15) is 5.10 Å². The molecule has 0 aliphatic rings. The topological polar surface area (TPSA) is 80.2 Å². The van der Waals surface area contributed by atoms with Crippen LogP contribution >= 0.6 is 0 Å². The molecule has 6 heteroatoms. The standard InChI is InChI=1S/C20H24N2O4/c1-4-25-18-7-5-6-16(20(18)24)12-21-22-19(23)13-26-17-10-8-15(9-11-17)14(2)3/h5-12,14,24H,4,13H2,1-3H3,(H,22,23). The summed E-state index contributed by atoms with van der Waals surface area (Å²) >= 11 is 0. The first kappa shape index (κ1) is 19.3. The van der Waals surface area contributed by atoms with Crippen molar-refractivity contribution in [2.45, 2.75) is 26.7 Å². The Morgan fingerprint density at radius 2 is 1.92 bits per heavy atom. The van der Waals surface area contributed by atoms with E-state index in [0.717, 1.165) is 0 Å². The maximum atomic E-state index is 11.8. The molecule has 138 valence electrons. The summed E-state index contributed by atoms with van der Waals surface area (Å²) in [7, 11) is 0. The van der Waals surface area contributed by atoms with Crippen molar-refractivity contribution >= 4 is 12.1 Å². The van der Waals surface area contributed by atoms with Gasteiger partial charge in [0.15, 0.2) is 18.1 Å². The summed E-state index contributed by atoms with van der Waals surface area (Å²) in [4.78, 5) is 11.8. The molecule has 6 nitrogen and oxygen atoms in total. The summed E-state index contributed by atoms with van der Waals surface area (Å²) in [6.45, 7) is 6.35. The van der Waals surface area contributed by atoms with Crippen LogP contribution in [-0.2, 0) is 4.79 Å². The monoisotopic (exact) mass is 356 g/mol. The third-order valence-corrected chi connectivity index (χ3v) is 3.64. The first-order valence-electron chi connectivity index (χ1n) is 8.50. The van der Waals surface area contributed by atoms with E-state index >= 15 is 0 Å². The van der Waals surface area contributed by atoms with Gasteiger partial charge in [0.25, 0.3) is 5.91 Å². The minimum atomic E-state index is -0.394. The molecule has 1 amide bonds. The zero-order valence-corrected chi connectivity index (χ0v) is 15.2. The first-order chi connectivity index (χ1) is 12.5. The number of hydrogen-bond acceptors (Lipinski definition) is 5. The maximum absolute atomic E-state index is 11.8. The van der Waals surface area contributed by atoms with Crippen LogP contribution in [0.5, 0.6) is 17.2 Å². The molecule has 2 aromatic carbocycles. The number of nitrogens with one attached hydrogen (secondary N) is 1. The zero-order valence-electron chi connectivity index (χ0n) is 15.2. The highest BCUT2D eigenvalue weighted by atomic mass is 16.5. The number of amides is 1. The molecular weight excluding hydrogens is 332 g/mol. The number of benzene rings is 2. The van der Waals surface area contributed by atoms with E-state index in [4.69, 9.17) is 9.47 Å². The minimum absolute atomic E-state index is 0.0196. The molecule has 0 aliphatic heterocycles. The third kappa shape index (κ3) is 5.51. The molecule has 2 aromatic rings. The molecule has 0 saturated heterocycles. The summed E-state index contributed by atoms with van der Waals surface area (Å²) < 4.78 is 10.7. The van der Waals surface area contributed by atoms with Gasteiger partial charge in [0.1, 0.15) is 5.75 Å². The summed E-state index contributed by atoms with van der Waals surface area (Å²) in [5.74, 6) is 1.02. The fourth-order valence-electron chi connectivity index (χ4n) is 2.22. The van der Waals surface area contributed by atoms with E-state index in [-0.39, 0.29) is 12.4 Å². The van der Waals surface area contributed by atoms with Crippen molar-refractivity contribution in [2.75, 3.05) is 13.2 Å². The number of nitrogens with zero attached hydrogens (tertiary/aromatic N) is 1. The van der Waals surface area contributed by atoms with Crippen LogP contribution in [0.3, 0.4) is 0 Å². The van der Waals surface area contributed by atoms with Crippen molar-refractivity contribution in [3.63, 3.8) is 0 Å². The lowest BCUT2D eigenvalue weighted by atomic mass is 10.0. The van der Waals surface area contributed by atoms with Crippen molar-refractivity contribution < 1.29 is 19.4 Å². The molecule has 0 saturated carbocycles. The fraction of sp³-hybridized carbons (Fsp3) is 0.300. The lowest BCUT2D eigenvalue weighted by molar-refractivity contribution is -0.123. The predicted octanol–water partition coefficient (Wildman–Crippen LogP) is 3.44. The molecule has 0 aliphatic carbocycles. The van der Waals surface area contributed by atoms with Crippen LogP contribution in [0.2, 0.25) is 0 Å². The molecular formula is C20H24N2O4. The molecule has 0 spiro atoms. The van der Waals surface area contributed by atoms with E-state index < -0.39 is 5.91 Å². The third-order valence-electron chi connectivity index (χ3n) is 3.64. The molecule has 0 unspecified atom stereocenters. The van der Waals surface area contributed by atoms with Crippen molar-refractivity contribution in [3.05, 3.63) is 53.6 Å². The van der Waals surface area contributed by atoms with Crippen LogP contribution in [0.25, 0.3) is 0 Å². The number of carbonyl (C=O) groups excluding carboxylic acids is 1. The van der Waals surface area contributed by atoms with Crippen molar-refractivity contribution in [1.82, 2.24) is 5.43 Å². The first-order valence-corrected chi connectivity index (χ1v) is 8.50. The molecule has 2 rings (SSSR count). The summed E-state index contributed by atoms with van der Waals surface area (Å²) in [5.41, 5.74) is 4.02. The second-order valence-corrected chi connectivity index (χ2v) is 5.93. The number of ether oxygens (including phenoxy) is 2. The smallest absolute Gasteiger partial charge is 0.277 e. The lowest BCUT2D eigenvalue weighted by Gasteiger charge is -2.08. The van der Waals surface area contributed by atoms with Crippen LogP contribution in [0, 0.1) is 0 Å². The van der Waals surface area contributed by atoms with Crippen LogP contribution in [-0.4, -0.2) is 30.4 Å². The largest absolute Gasteiger partial charge is 0.504 e. The van der Waals surface area contributed by atoms with Gasteiger partial charge in [0, 0.05) is 5.56 Å². The summed E-state index contributed by atoms with van der Waals surface area (Å²) in [6, 6.07) is 12.7. The molecule has 0 fully saturated rings. The van der Waals surface area contributed by atoms with Crippen molar-refractivity contribution in [2.24, 2.45) is 5.10 Å². The Labute approximate surface area is 153 Å². The number of hydrazone groups is 1. The Hall–Kier alpha value is -3.02. The van der Waals surface area contributed by atoms with Crippen LogP contribution in [0.1, 0.15) is 37.8 Å². The van der Waals surface area contributed by atoms with Gasteiger partial charge in [-0.15, -0.1) is 0 Å². The van der Waals surface area contributed by atoms with E-state index in [1.807, 2.05) is 31.2 Å². The molecule has 2 N–H and O–H groups in total. The van der Waals surface area contributed by atoms with Crippen molar-refractivity contribution in [1.29, 1.82) is 0 Å². The highest BCUT2D eigenvalue weighted by molar-refractivity contribution is 5.86. The van der Waals surface area contributed by atoms with Crippen LogP contribution in [0.15, 0.2) is 47.6 Å². The Morgan fingerprint density at radius 3 is 2.58 bits per heavy atom. The summed E-state index contributed by atoms with van der Waals surface area (Å²) in [5, 5.41) is 13.9. The maximum Gasteiger partial charge on any atom is 0.277 e. The molecule has 0 aromatic heterocycles. The summed E-state index contributed by atoms with van der Waals surface area (Å²) in [6.07, 6.45) is 1.35. The van der Waals surface area contributed by atoms with Gasteiger partial charge >= 0.3 is 0 Å². The number of rotatable bonds is 8. The number of phenols is 1. The molecule has 0 radical (unpaired) electrons. The van der Waals surface area contributed by atoms with Gasteiger partial charge in [-0.25, -0.2) is 5.43 Å². The number of para-hydroxylation sites is 1. The van der Waals surface area contributed by atoms with E-state index in [2.05, 4.69) is 24.4 Å². The molecule has 26 heavy (non-hydrogen) atoms. The minimum Gasteiger partial charge on any atom is -0.504 e. The second kappa shape index (κ2) is 9.46. The van der Waals surface area contributed by atoms with Gasteiger partial charge in [0.2, 0.25) is 0 Å². The highest BCUT2D eigenvalue weighted by Gasteiger charge is 2.06. The van der Waals surface area contributed by atoms with Crippen LogP contribution in [0.4, 0.5) is 0 Å². The average Bonchev–Trinajstić information content (AvgIpc) is 2.63. The Kier molecular flexibility index (Phi) is 7.02. The SMILES string of the molecule is CCOc1cccc(C=NNC(=O)COc2ccc(C(C)C)cc2)c1O. The Balaban J connectivity index is 1.85. The highest BCUT2D eigenvalue weighted by Crippen LogP contribution is 2.28. The van der Waals surface area contributed by atoms with Gasteiger partial charge in [0.05, 0.1) is 12.8 Å². The predicted molar refractivity (Wildman–Crippen MR) is 101 cm³/mol. The van der Waals surface area contributed by atoms with Gasteiger partial charge in [-0.1, -0.05) is 32.0 Å². The number of aromatic hydroxyl groups is 1. The number of carbonyl (C=O) groups is 1. The van der Waals surface area contributed by atoms with E-state index in [1.54, 1.807) is 18.2 Å². The van der Waals surface area contributed by atoms with E-state index in [0.29, 0.717) is 29.6 Å². The number of hydrogen-bond donors (Lipinski definition) is 2. The molecule has 0 bridgehead atoms. The zero-order chi connectivity index (χ0) is 18.9.